The maximum Gasteiger partial charge on any atom is 0.222 e. The van der Waals surface area contributed by atoms with Crippen molar-refractivity contribution >= 4 is 16.9 Å². The Morgan fingerprint density at radius 3 is 2.83 bits per heavy atom. The largest absolute Gasteiger partial charge is 0.343 e. The van der Waals surface area contributed by atoms with Crippen LogP contribution in [0.2, 0.25) is 0 Å². The summed E-state index contributed by atoms with van der Waals surface area (Å²) in [5.41, 5.74) is 4.84. The molecule has 1 aliphatic heterocycles. The first-order valence-corrected chi connectivity index (χ1v) is 10.6. The fraction of sp³-hybridized carbons (Fsp3) is 0.417. The fourth-order valence-electron chi connectivity index (χ4n) is 4.50. The van der Waals surface area contributed by atoms with Crippen molar-refractivity contribution in [2.45, 2.75) is 45.2 Å². The van der Waals surface area contributed by atoms with Gasteiger partial charge in [-0.25, -0.2) is 4.98 Å². The summed E-state index contributed by atoms with van der Waals surface area (Å²) in [6.07, 6.45) is 4.58. The second-order valence-electron chi connectivity index (χ2n) is 8.11. The number of H-pyrrole nitrogens is 1. The van der Waals surface area contributed by atoms with Gasteiger partial charge in [-0.15, -0.1) is 0 Å². The van der Waals surface area contributed by atoms with Crippen LogP contribution < -0.4 is 0 Å². The molecular formula is C24H30N4O. The van der Waals surface area contributed by atoms with Crippen molar-refractivity contribution in [1.82, 2.24) is 19.8 Å². The lowest BCUT2D eigenvalue weighted by Gasteiger charge is -2.33. The number of pyridine rings is 1. The van der Waals surface area contributed by atoms with Gasteiger partial charge in [0.1, 0.15) is 5.65 Å². The Morgan fingerprint density at radius 2 is 2.03 bits per heavy atom. The molecule has 3 heterocycles. The van der Waals surface area contributed by atoms with E-state index in [9.17, 15) is 4.79 Å². The molecule has 1 fully saturated rings. The Hall–Kier alpha value is -2.66. The van der Waals surface area contributed by atoms with Gasteiger partial charge in [-0.3, -0.25) is 9.69 Å². The lowest BCUT2D eigenvalue weighted by molar-refractivity contribution is -0.132. The summed E-state index contributed by atoms with van der Waals surface area (Å²) in [6.45, 7) is 5.38. The monoisotopic (exact) mass is 390 g/mol. The Balaban J connectivity index is 1.61. The molecule has 1 saturated heterocycles. The van der Waals surface area contributed by atoms with Crippen molar-refractivity contribution in [2.24, 2.45) is 0 Å². The van der Waals surface area contributed by atoms with E-state index in [1.54, 1.807) is 0 Å². The molecule has 1 N–H and O–H groups in total. The Morgan fingerprint density at radius 1 is 1.21 bits per heavy atom. The number of likely N-dealkylation sites (tertiary alicyclic amines) is 1. The molecule has 1 unspecified atom stereocenters. The number of nitrogens with one attached hydrogen (secondary N) is 1. The summed E-state index contributed by atoms with van der Waals surface area (Å²) in [5, 5.41) is 1.20. The van der Waals surface area contributed by atoms with E-state index < -0.39 is 0 Å². The van der Waals surface area contributed by atoms with E-state index in [0.717, 1.165) is 44.7 Å². The highest BCUT2D eigenvalue weighted by atomic mass is 16.2. The van der Waals surface area contributed by atoms with Gasteiger partial charge in [0, 0.05) is 55.8 Å². The van der Waals surface area contributed by atoms with Gasteiger partial charge in [-0.2, -0.15) is 0 Å². The number of piperidine rings is 1. The van der Waals surface area contributed by atoms with Crippen LogP contribution in [0.15, 0.2) is 48.7 Å². The highest BCUT2D eigenvalue weighted by Crippen LogP contribution is 2.33. The lowest BCUT2D eigenvalue weighted by atomic mass is 9.91. The topological polar surface area (TPSA) is 52.2 Å². The zero-order chi connectivity index (χ0) is 20.2. The Labute approximate surface area is 172 Å². The lowest BCUT2D eigenvalue weighted by Crippen LogP contribution is -2.39. The molecule has 1 aromatic carbocycles. The predicted octanol–water partition coefficient (Wildman–Crippen LogP) is 4.31. The van der Waals surface area contributed by atoms with Crippen molar-refractivity contribution in [3.05, 3.63) is 65.5 Å². The molecule has 1 amide bonds. The fourth-order valence-corrected chi connectivity index (χ4v) is 4.50. The number of aromatic amines is 1. The molecule has 1 aliphatic rings. The summed E-state index contributed by atoms with van der Waals surface area (Å²) in [7, 11) is 2.17. The van der Waals surface area contributed by atoms with E-state index in [-0.39, 0.29) is 5.91 Å². The van der Waals surface area contributed by atoms with Crippen molar-refractivity contribution in [3.8, 4) is 0 Å². The van der Waals surface area contributed by atoms with Crippen molar-refractivity contribution in [1.29, 1.82) is 0 Å². The summed E-state index contributed by atoms with van der Waals surface area (Å²) in [5.74, 6) is 0.597. The summed E-state index contributed by atoms with van der Waals surface area (Å²) >= 11 is 0. The van der Waals surface area contributed by atoms with Crippen molar-refractivity contribution in [2.75, 3.05) is 20.1 Å². The number of fused-ring (bicyclic) bond motifs is 1. The van der Waals surface area contributed by atoms with Crippen LogP contribution in [0.25, 0.3) is 11.0 Å². The minimum Gasteiger partial charge on any atom is -0.343 e. The van der Waals surface area contributed by atoms with Gasteiger partial charge in [-0.05, 0) is 43.1 Å². The molecule has 0 radical (unpaired) electrons. The summed E-state index contributed by atoms with van der Waals surface area (Å²) in [6, 6.07) is 14.7. The van der Waals surface area contributed by atoms with Crippen LogP contribution in [0.1, 0.15) is 48.9 Å². The first-order valence-electron chi connectivity index (χ1n) is 10.6. The SMILES string of the molecule is CCC(=O)N1CCCC(c2[nH]c3ncccc3c2CN(C)Cc2ccccc2)C1. The molecular weight excluding hydrogens is 360 g/mol. The number of carbonyl (C=O) groups is 1. The van der Waals surface area contributed by atoms with Gasteiger partial charge < -0.3 is 9.88 Å². The second-order valence-corrected chi connectivity index (χ2v) is 8.11. The van der Waals surface area contributed by atoms with Crippen LogP contribution in [0.4, 0.5) is 0 Å². The van der Waals surface area contributed by atoms with E-state index in [0.29, 0.717) is 12.3 Å². The van der Waals surface area contributed by atoms with Gasteiger partial charge in [0.15, 0.2) is 0 Å². The third-order valence-corrected chi connectivity index (χ3v) is 5.92. The zero-order valence-corrected chi connectivity index (χ0v) is 17.4. The molecule has 0 saturated carbocycles. The smallest absolute Gasteiger partial charge is 0.222 e. The molecule has 3 aromatic rings. The van der Waals surface area contributed by atoms with Crippen LogP contribution in [0.5, 0.6) is 0 Å². The van der Waals surface area contributed by atoms with Crippen LogP contribution in [-0.2, 0) is 17.9 Å². The predicted molar refractivity (Wildman–Crippen MR) is 117 cm³/mol. The van der Waals surface area contributed by atoms with Crippen LogP contribution in [-0.4, -0.2) is 45.8 Å². The van der Waals surface area contributed by atoms with E-state index >= 15 is 0 Å². The third kappa shape index (κ3) is 4.35. The minimum absolute atomic E-state index is 0.256. The maximum absolute atomic E-state index is 12.3. The van der Waals surface area contributed by atoms with E-state index in [1.807, 2.05) is 24.1 Å². The first-order chi connectivity index (χ1) is 14.2. The number of hydrogen-bond acceptors (Lipinski definition) is 3. The standard InChI is InChI=1S/C24H30N4O/c1-3-22(29)28-14-8-11-19(16-28)23-21(20-12-7-13-25-24(20)26-23)17-27(2)15-18-9-5-4-6-10-18/h4-7,9-10,12-13,19H,3,8,11,14-17H2,1-2H3,(H,25,26). The number of nitrogens with zero attached hydrogens (tertiary/aromatic N) is 3. The van der Waals surface area contributed by atoms with E-state index in [4.69, 9.17) is 0 Å². The number of benzene rings is 1. The highest BCUT2D eigenvalue weighted by Gasteiger charge is 2.28. The summed E-state index contributed by atoms with van der Waals surface area (Å²) in [4.78, 5) is 24.8. The van der Waals surface area contributed by atoms with Gasteiger partial charge in [0.25, 0.3) is 0 Å². The van der Waals surface area contributed by atoms with Crippen molar-refractivity contribution in [3.63, 3.8) is 0 Å². The summed E-state index contributed by atoms with van der Waals surface area (Å²) < 4.78 is 0. The average molecular weight is 391 g/mol. The van der Waals surface area contributed by atoms with Crippen LogP contribution in [0, 0.1) is 0 Å². The number of aromatic nitrogens is 2. The zero-order valence-electron chi connectivity index (χ0n) is 17.4. The molecule has 1 atom stereocenters. The Bertz CT molecular complexity index is 965. The number of hydrogen-bond donors (Lipinski definition) is 1. The molecule has 2 aromatic heterocycles. The number of rotatable bonds is 6. The minimum atomic E-state index is 0.256. The normalized spacial score (nSPS) is 17.2. The number of carbonyl (C=O) groups excluding carboxylic acids is 1. The van der Waals surface area contributed by atoms with Gasteiger partial charge >= 0.3 is 0 Å². The van der Waals surface area contributed by atoms with E-state index in [1.165, 1.54) is 22.2 Å². The number of amides is 1. The van der Waals surface area contributed by atoms with Crippen molar-refractivity contribution < 1.29 is 4.79 Å². The van der Waals surface area contributed by atoms with E-state index in [2.05, 4.69) is 58.3 Å². The molecule has 5 nitrogen and oxygen atoms in total. The van der Waals surface area contributed by atoms with Gasteiger partial charge in [0.05, 0.1) is 0 Å². The second kappa shape index (κ2) is 8.78. The first kappa shape index (κ1) is 19.6. The quantitative estimate of drug-likeness (QED) is 0.682. The molecule has 0 bridgehead atoms. The Kier molecular flexibility index (Phi) is 5.95. The average Bonchev–Trinajstić information content (AvgIpc) is 3.12. The molecule has 5 heteroatoms. The molecule has 4 rings (SSSR count). The highest BCUT2D eigenvalue weighted by molar-refractivity contribution is 5.81. The van der Waals surface area contributed by atoms with Crippen LogP contribution >= 0.6 is 0 Å². The molecule has 0 spiro atoms. The molecule has 152 valence electrons. The third-order valence-electron chi connectivity index (χ3n) is 5.92. The maximum atomic E-state index is 12.3. The van der Waals surface area contributed by atoms with Crippen LogP contribution in [0.3, 0.4) is 0 Å². The van der Waals surface area contributed by atoms with Gasteiger partial charge in [0.2, 0.25) is 5.91 Å². The molecule has 29 heavy (non-hydrogen) atoms. The van der Waals surface area contributed by atoms with Gasteiger partial charge in [-0.1, -0.05) is 37.3 Å². The molecule has 0 aliphatic carbocycles.